The molecule has 210 valence electrons. The minimum atomic E-state index is -0.743. The summed E-state index contributed by atoms with van der Waals surface area (Å²) in [6.45, 7) is 11.7. The molecular formula is C26H42N8O3S. The van der Waals surface area contributed by atoms with Gasteiger partial charge >= 0.3 is 0 Å². The fraction of sp³-hybridized carbons (Fsp3) is 0.769. The Labute approximate surface area is 229 Å². The van der Waals surface area contributed by atoms with E-state index in [0.717, 1.165) is 36.1 Å². The highest BCUT2D eigenvalue weighted by Crippen LogP contribution is 2.40. The van der Waals surface area contributed by atoms with Crippen molar-refractivity contribution < 1.29 is 14.7 Å². The van der Waals surface area contributed by atoms with Gasteiger partial charge in [-0.1, -0.05) is 51.6 Å². The molecule has 12 heteroatoms. The number of likely N-dealkylation sites (tertiary alicyclic amines) is 1. The van der Waals surface area contributed by atoms with Gasteiger partial charge in [-0.2, -0.15) is 0 Å². The second-order valence-electron chi connectivity index (χ2n) is 12.1. The zero-order valence-corrected chi connectivity index (χ0v) is 24.2. The third-order valence-electron chi connectivity index (χ3n) is 7.11. The molecule has 2 N–H and O–H groups in total. The van der Waals surface area contributed by atoms with Crippen LogP contribution in [0.2, 0.25) is 0 Å². The summed E-state index contributed by atoms with van der Waals surface area (Å²) >= 11 is 1.58. The lowest BCUT2D eigenvalue weighted by Crippen LogP contribution is -2.50. The first kappa shape index (κ1) is 28.5. The standard InChI is InChI=1S/C26H42N8O3S/c1-16(2)13-33-21(29-30-25(33)38-6)8-7-11-27-23(36)20-12-18(35)14-32(20)24(37)22(26(3,4)5)34-15-19(28-31-34)17-9-10-17/h15-18,20,22,35H,7-14H2,1-6H3,(H,27,36)/t18?,20?,22-/m1/s1. The first-order valence-electron chi connectivity index (χ1n) is 13.6. The Morgan fingerprint density at radius 3 is 2.58 bits per heavy atom. The number of aliphatic hydroxyl groups excluding tert-OH is 1. The molecular weight excluding hydrogens is 504 g/mol. The number of aryl methyl sites for hydroxylation is 1. The first-order valence-corrected chi connectivity index (χ1v) is 14.9. The fourth-order valence-electron chi connectivity index (χ4n) is 5.11. The summed E-state index contributed by atoms with van der Waals surface area (Å²) in [5, 5.41) is 31.5. The van der Waals surface area contributed by atoms with Crippen LogP contribution < -0.4 is 5.32 Å². The van der Waals surface area contributed by atoms with E-state index in [9.17, 15) is 14.7 Å². The summed E-state index contributed by atoms with van der Waals surface area (Å²) in [6, 6.07) is -1.34. The highest BCUT2D eigenvalue weighted by Gasteiger charge is 2.45. The average Bonchev–Trinajstić information content (AvgIpc) is 3.26. The molecule has 1 saturated carbocycles. The third-order valence-corrected chi connectivity index (χ3v) is 7.77. The maximum Gasteiger partial charge on any atom is 0.248 e. The Bertz CT molecular complexity index is 1120. The second-order valence-corrected chi connectivity index (χ2v) is 12.8. The molecule has 11 nitrogen and oxygen atoms in total. The SMILES string of the molecule is CSc1nnc(CCCNC(=O)C2CC(O)CN2C(=O)[C@@H](n2cc(C3CC3)nn2)C(C)(C)C)n1CC(C)C. The molecule has 1 aliphatic heterocycles. The van der Waals surface area contributed by atoms with Crippen LogP contribution in [-0.4, -0.2) is 83.1 Å². The van der Waals surface area contributed by atoms with Crippen molar-refractivity contribution >= 4 is 23.6 Å². The number of thioether (sulfide) groups is 1. The van der Waals surface area contributed by atoms with Crippen LogP contribution in [0.3, 0.4) is 0 Å². The van der Waals surface area contributed by atoms with E-state index in [2.05, 4.69) is 44.2 Å². The number of carbonyl (C=O) groups is 2. The van der Waals surface area contributed by atoms with Crippen molar-refractivity contribution in [3.05, 3.63) is 17.7 Å². The molecule has 2 fully saturated rings. The van der Waals surface area contributed by atoms with Gasteiger partial charge in [-0.15, -0.1) is 15.3 Å². The van der Waals surface area contributed by atoms with Crippen molar-refractivity contribution in [3.63, 3.8) is 0 Å². The normalized spacial score (nSPS) is 20.8. The van der Waals surface area contributed by atoms with Crippen LogP contribution in [-0.2, 0) is 22.6 Å². The number of rotatable bonds is 11. The molecule has 3 atom stereocenters. The molecule has 2 aliphatic rings. The maximum absolute atomic E-state index is 13.8. The van der Waals surface area contributed by atoms with Crippen molar-refractivity contribution in [2.24, 2.45) is 11.3 Å². The monoisotopic (exact) mass is 546 g/mol. The van der Waals surface area contributed by atoms with Gasteiger partial charge in [0.2, 0.25) is 11.8 Å². The summed E-state index contributed by atoms with van der Waals surface area (Å²) < 4.78 is 3.79. The molecule has 38 heavy (non-hydrogen) atoms. The second kappa shape index (κ2) is 11.7. The van der Waals surface area contributed by atoms with Crippen LogP contribution in [0.15, 0.2) is 11.4 Å². The number of aliphatic hydroxyl groups is 1. The number of carbonyl (C=O) groups excluding carboxylic acids is 2. The van der Waals surface area contributed by atoms with Crippen molar-refractivity contribution in [3.8, 4) is 0 Å². The van der Waals surface area contributed by atoms with Gasteiger partial charge in [0, 0.05) is 44.6 Å². The average molecular weight is 547 g/mol. The van der Waals surface area contributed by atoms with Crippen LogP contribution >= 0.6 is 11.8 Å². The number of hydrogen-bond donors (Lipinski definition) is 2. The Hall–Kier alpha value is -2.47. The molecule has 2 amide bonds. The number of amides is 2. The maximum atomic E-state index is 13.8. The number of nitrogens with zero attached hydrogens (tertiary/aromatic N) is 7. The van der Waals surface area contributed by atoms with E-state index >= 15 is 0 Å². The molecule has 2 aromatic heterocycles. The molecule has 0 radical (unpaired) electrons. The van der Waals surface area contributed by atoms with Gasteiger partial charge in [0.05, 0.1) is 11.8 Å². The Morgan fingerprint density at radius 1 is 1.21 bits per heavy atom. The molecule has 0 spiro atoms. The van der Waals surface area contributed by atoms with E-state index < -0.39 is 23.6 Å². The number of nitrogens with one attached hydrogen (secondary N) is 1. The van der Waals surface area contributed by atoms with Gasteiger partial charge in [0.15, 0.2) is 5.16 Å². The van der Waals surface area contributed by atoms with Gasteiger partial charge < -0.3 is 19.9 Å². The Balaban J connectivity index is 1.39. The zero-order valence-electron chi connectivity index (χ0n) is 23.4. The molecule has 1 aliphatic carbocycles. The lowest BCUT2D eigenvalue weighted by atomic mass is 9.85. The quantitative estimate of drug-likeness (QED) is 0.325. The van der Waals surface area contributed by atoms with Gasteiger partial charge in [-0.05, 0) is 36.9 Å². The Kier molecular flexibility index (Phi) is 8.81. The topological polar surface area (TPSA) is 131 Å². The van der Waals surface area contributed by atoms with Gasteiger partial charge in [0.1, 0.15) is 17.9 Å². The third kappa shape index (κ3) is 6.56. The minimum absolute atomic E-state index is 0.128. The van der Waals surface area contributed by atoms with E-state index in [1.165, 1.54) is 4.90 Å². The lowest BCUT2D eigenvalue weighted by molar-refractivity contribution is -0.144. The molecule has 0 bridgehead atoms. The van der Waals surface area contributed by atoms with Crippen molar-refractivity contribution in [2.75, 3.05) is 19.3 Å². The molecule has 2 unspecified atom stereocenters. The fourth-order valence-corrected chi connectivity index (χ4v) is 5.63. The summed E-state index contributed by atoms with van der Waals surface area (Å²) in [6.07, 6.45) is 6.93. The molecule has 4 rings (SSSR count). The summed E-state index contributed by atoms with van der Waals surface area (Å²) in [5.74, 6) is 1.36. The van der Waals surface area contributed by atoms with Crippen molar-refractivity contribution in [2.45, 2.75) is 103 Å². The van der Waals surface area contributed by atoms with Crippen LogP contribution in [0.1, 0.15) is 83.8 Å². The van der Waals surface area contributed by atoms with Crippen molar-refractivity contribution in [1.29, 1.82) is 0 Å². The van der Waals surface area contributed by atoms with E-state index in [0.29, 0.717) is 31.2 Å². The lowest BCUT2D eigenvalue weighted by Gasteiger charge is -2.34. The first-order chi connectivity index (χ1) is 18.0. The summed E-state index contributed by atoms with van der Waals surface area (Å²) in [5.41, 5.74) is 0.457. The van der Waals surface area contributed by atoms with E-state index in [1.54, 1.807) is 16.4 Å². The van der Waals surface area contributed by atoms with E-state index in [4.69, 9.17) is 0 Å². The highest BCUT2D eigenvalue weighted by molar-refractivity contribution is 7.98. The number of aromatic nitrogens is 6. The van der Waals surface area contributed by atoms with Gasteiger partial charge in [0.25, 0.3) is 0 Å². The van der Waals surface area contributed by atoms with Gasteiger partial charge in [-0.3, -0.25) is 9.59 Å². The molecule has 2 aromatic rings. The van der Waals surface area contributed by atoms with Crippen LogP contribution in [0.25, 0.3) is 0 Å². The van der Waals surface area contributed by atoms with Crippen LogP contribution in [0.4, 0.5) is 0 Å². The molecule has 1 saturated heterocycles. The largest absolute Gasteiger partial charge is 0.391 e. The minimum Gasteiger partial charge on any atom is -0.391 e. The smallest absolute Gasteiger partial charge is 0.248 e. The highest BCUT2D eigenvalue weighted by atomic mass is 32.2. The molecule has 3 heterocycles. The predicted octanol–water partition coefficient (Wildman–Crippen LogP) is 2.42. The van der Waals surface area contributed by atoms with Crippen LogP contribution in [0, 0.1) is 11.3 Å². The predicted molar refractivity (Wildman–Crippen MR) is 145 cm³/mol. The van der Waals surface area contributed by atoms with E-state index in [-0.39, 0.29) is 24.8 Å². The zero-order chi connectivity index (χ0) is 27.6. The van der Waals surface area contributed by atoms with E-state index in [1.807, 2.05) is 33.2 Å². The van der Waals surface area contributed by atoms with Crippen LogP contribution in [0.5, 0.6) is 0 Å². The Morgan fingerprint density at radius 2 is 1.95 bits per heavy atom. The number of hydrogen-bond acceptors (Lipinski definition) is 8. The summed E-state index contributed by atoms with van der Waals surface area (Å²) in [4.78, 5) is 28.6. The number of β-amino-alcohol motifs (C(OH)–C–C–N with tert-alkyl or cyclic N) is 1. The molecule has 0 aromatic carbocycles. The van der Waals surface area contributed by atoms with Crippen molar-refractivity contribution in [1.82, 2.24) is 40.0 Å². The summed E-state index contributed by atoms with van der Waals surface area (Å²) in [7, 11) is 0. The van der Waals surface area contributed by atoms with Gasteiger partial charge in [-0.25, -0.2) is 4.68 Å².